The normalized spacial score (nSPS) is 30.0. The number of amides is 1. The predicted octanol–water partition coefficient (Wildman–Crippen LogP) is 2.53. The molecule has 2 fully saturated rings. The maximum atomic E-state index is 13.3. The number of nitrogens with zero attached hydrogens (tertiary/aromatic N) is 1. The van der Waals surface area contributed by atoms with E-state index in [0.717, 1.165) is 0 Å². The highest BCUT2D eigenvalue weighted by atomic mass is 19.3. The lowest BCUT2D eigenvalue weighted by atomic mass is 9.84. The van der Waals surface area contributed by atoms with Gasteiger partial charge in [0.25, 0.3) is 0 Å². The van der Waals surface area contributed by atoms with Gasteiger partial charge in [0.1, 0.15) is 0 Å². The molecule has 1 amide bonds. The van der Waals surface area contributed by atoms with E-state index in [2.05, 4.69) is 0 Å². The van der Waals surface area contributed by atoms with E-state index in [4.69, 9.17) is 5.11 Å². The number of aliphatic carboxylic acids is 1. The number of carboxylic acid groups (broad SMARTS) is 1. The van der Waals surface area contributed by atoms with E-state index in [0.29, 0.717) is 32.2 Å². The fraction of sp³-hybridized carbons (Fsp3) is 0.857. The van der Waals surface area contributed by atoms with Gasteiger partial charge in [-0.15, -0.1) is 0 Å². The van der Waals surface area contributed by atoms with E-state index in [9.17, 15) is 18.4 Å². The summed E-state index contributed by atoms with van der Waals surface area (Å²) in [5.74, 6) is -4.48. The second kappa shape index (κ2) is 6.06. The molecule has 0 radical (unpaired) electrons. The van der Waals surface area contributed by atoms with Gasteiger partial charge in [-0.3, -0.25) is 9.59 Å². The fourth-order valence-corrected chi connectivity index (χ4v) is 3.23. The van der Waals surface area contributed by atoms with Gasteiger partial charge in [0, 0.05) is 32.4 Å². The van der Waals surface area contributed by atoms with Crippen molar-refractivity contribution in [1.29, 1.82) is 0 Å². The van der Waals surface area contributed by atoms with Gasteiger partial charge in [0.2, 0.25) is 11.8 Å². The summed E-state index contributed by atoms with van der Waals surface area (Å²) in [7, 11) is 0. The molecule has 4 nitrogen and oxygen atoms in total. The van der Waals surface area contributed by atoms with E-state index in [1.165, 1.54) is 4.90 Å². The Morgan fingerprint density at radius 3 is 2.65 bits per heavy atom. The van der Waals surface area contributed by atoms with Crippen molar-refractivity contribution in [2.24, 2.45) is 11.8 Å². The summed E-state index contributed by atoms with van der Waals surface area (Å²) in [4.78, 5) is 24.6. The molecule has 6 heteroatoms. The summed E-state index contributed by atoms with van der Waals surface area (Å²) < 4.78 is 26.6. The summed E-state index contributed by atoms with van der Waals surface area (Å²) in [5.41, 5.74) is 0. The number of carboxylic acids is 1. The molecule has 0 aromatic carbocycles. The maximum Gasteiger partial charge on any atom is 0.308 e. The van der Waals surface area contributed by atoms with Crippen LogP contribution in [0, 0.1) is 11.8 Å². The van der Waals surface area contributed by atoms with E-state index in [1.54, 1.807) is 0 Å². The number of carbonyl (C=O) groups is 2. The molecule has 2 rings (SSSR count). The molecule has 1 saturated heterocycles. The van der Waals surface area contributed by atoms with Crippen LogP contribution < -0.4 is 0 Å². The van der Waals surface area contributed by atoms with E-state index in [-0.39, 0.29) is 37.6 Å². The molecule has 1 N–H and O–H groups in total. The molecule has 1 heterocycles. The number of alkyl halides is 2. The molecule has 1 saturated carbocycles. The van der Waals surface area contributed by atoms with Crippen LogP contribution in [-0.4, -0.2) is 40.9 Å². The Kier molecular flexibility index (Phi) is 4.60. The van der Waals surface area contributed by atoms with Gasteiger partial charge in [-0.25, -0.2) is 8.78 Å². The van der Waals surface area contributed by atoms with Crippen molar-refractivity contribution in [1.82, 2.24) is 4.90 Å². The molecule has 0 aromatic heterocycles. The molecule has 2 atom stereocenters. The number of hydrogen-bond acceptors (Lipinski definition) is 2. The van der Waals surface area contributed by atoms with Crippen molar-refractivity contribution in [3.05, 3.63) is 0 Å². The van der Waals surface area contributed by atoms with Crippen LogP contribution in [0.3, 0.4) is 0 Å². The molecule has 20 heavy (non-hydrogen) atoms. The Hall–Kier alpha value is -1.20. The lowest BCUT2D eigenvalue weighted by Gasteiger charge is -2.33. The zero-order valence-electron chi connectivity index (χ0n) is 11.5. The van der Waals surface area contributed by atoms with Crippen molar-refractivity contribution >= 4 is 11.9 Å². The van der Waals surface area contributed by atoms with Crippen molar-refractivity contribution in [3.63, 3.8) is 0 Å². The largest absolute Gasteiger partial charge is 0.481 e. The molecule has 1 aliphatic carbocycles. The molecular formula is C14H21F2NO3. The topological polar surface area (TPSA) is 57.6 Å². The maximum absolute atomic E-state index is 13.3. The molecule has 0 aromatic rings. The quantitative estimate of drug-likeness (QED) is 0.868. The van der Waals surface area contributed by atoms with Crippen LogP contribution in [-0.2, 0) is 9.59 Å². The molecule has 114 valence electrons. The van der Waals surface area contributed by atoms with Gasteiger partial charge < -0.3 is 10.0 Å². The van der Waals surface area contributed by atoms with E-state index < -0.39 is 17.8 Å². The molecule has 1 aliphatic heterocycles. The summed E-state index contributed by atoms with van der Waals surface area (Å²) >= 11 is 0. The fourth-order valence-electron chi connectivity index (χ4n) is 3.23. The monoisotopic (exact) mass is 289 g/mol. The summed E-state index contributed by atoms with van der Waals surface area (Å²) in [5, 5.41) is 8.99. The second-order valence-electron chi connectivity index (χ2n) is 6.04. The highest BCUT2D eigenvalue weighted by Crippen LogP contribution is 2.38. The zero-order chi connectivity index (χ0) is 14.8. The van der Waals surface area contributed by atoms with Crippen molar-refractivity contribution < 1.29 is 23.5 Å². The van der Waals surface area contributed by atoms with Crippen molar-refractivity contribution in [2.75, 3.05) is 13.1 Å². The predicted molar refractivity (Wildman–Crippen MR) is 68.5 cm³/mol. The van der Waals surface area contributed by atoms with Gasteiger partial charge in [0.15, 0.2) is 0 Å². The number of piperidine rings is 1. The molecule has 0 bridgehead atoms. The number of carbonyl (C=O) groups excluding carboxylic acids is 1. The molecular weight excluding hydrogens is 268 g/mol. The van der Waals surface area contributed by atoms with Crippen LogP contribution in [0.4, 0.5) is 8.78 Å². The minimum absolute atomic E-state index is 0.0809. The first-order chi connectivity index (χ1) is 9.37. The SMILES string of the molecule is O=C(O)C1CCCN(C(=O)CC2CCCC(F)(F)C2)C1. The van der Waals surface area contributed by atoms with Crippen LogP contribution in [0.25, 0.3) is 0 Å². The number of halogens is 2. The minimum atomic E-state index is -2.64. The van der Waals surface area contributed by atoms with Crippen molar-refractivity contribution in [3.8, 4) is 0 Å². The lowest BCUT2D eigenvalue weighted by Crippen LogP contribution is -2.43. The van der Waals surface area contributed by atoms with Crippen LogP contribution >= 0.6 is 0 Å². The van der Waals surface area contributed by atoms with Crippen LogP contribution in [0.2, 0.25) is 0 Å². The van der Waals surface area contributed by atoms with Gasteiger partial charge in [-0.1, -0.05) is 0 Å². The number of rotatable bonds is 3. The van der Waals surface area contributed by atoms with Gasteiger partial charge >= 0.3 is 5.97 Å². The van der Waals surface area contributed by atoms with Crippen LogP contribution in [0.5, 0.6) is 0 Å². The average Bonchev–Trinajstić information content (AvgIpc) is 2.37. The Balaban J connectivity index is 1.86. The third-order valence-corrected chi connectivity index (χ3v) is 4.33. The third kappa shape index (κ3) is 3.90. The minimum Gasteiger partial charge on any atom is -0.481 e. The third-order valence-electron chi connectivity index (χ3n) is 4.33. The number of likely N-dealkylation sites (tertiary alicyclic amines) is 1. The van der Waals surface area contributed by atoms with E-state index >= 15 is 0 Å². The zero-order valence-corrected chi connectivity index (χ0v) is 11.5. The highest BCUT2D eigenvalue weighted by molar-refractivity contribution is 5.78. The first-order valence-corrected chi connectivity index (χ1v) is 7.26. The standard InChI is InChI=1S/C14H21F2NO3/c15-14(16)5-1-3-10(8-14)7-12(18)17-6-2-4-11(9-17)13(19)20/h10-11H,1-9H2,(H,19,20). The Bertz CT molecular complexity index is 387. The second-order valence-corrected chi connectivity index (χ2v) is 6.04. The Morgan fingerprint density at radius 1 is 1.25 bits per heavy atom. The Labute approximate surface area is 117 Å². The first kappa shape index (κ1) is 15.2. The molecule has 0 spiro atoms. The molecule has 2 unspecified atom stereocenters. The van der Waals surface area contributed by atoms with Crippen LogP contribution in [0.15, 0.2) is 0 Å². The van der Waals surface area contributed by atoms with E-state index in [1.807, 2.05) is 0 Å². The van der Waals surface area contributed by atoms with Gasteiger partial charge in [-0.05, 0) is 31.6 Å². The summed E-state index contributed by atoms with van der Waals surface area (Å²) in [6, 6.07) is 0. The summed E-state index contributed by atoms with van der Waals surface area (Å²) in [6.45, 7) is 0.767. The highest BCUT2D eigenvalue weighted by Gasteiger charge is 2.38. The molecule has 2 aliphatic rings. The number of hydrogen-bond donors (Lipinski definition) is 1. The van der Waals surface area contributed by atoms with Gasteiger partial charge in [0.05, 0.1) is 5.92 Å². The smallest absolute Gasteiger partial charge is 0.308 e. The first-order valence-electron chi connectivity index (χ1n) is 7.26. The van der Waals surface area contributed by atoms with Crippen molar-refractivity contribution in [2.45, 2.75) is 50.9 Å². The van der Waals surface area contributed by atoms with Crippen LogP contribution in [0.1, 0.15) is 44.9 Å². The summed E-state index contributed by atoms with van der Waals surface area (Å²) in [6.07, 6.45) is 2.21. The van der Waals surface area contributed by atoms with Gasteiger partial charge in [-0.2, -0.15) is 0 Å². The average molecular weight is 289 g/mol. The Morgan fingerprint density at radius 2 is 2.00 bits per heavy atom. The lowest BCUT2D eigenvalue weighted by molar-refractivity contribution is -0.146.